The number of hydrogen-bond donors (Lipinski definition) is 0. The number of hydrogen-bond acceptors (Lipinski definition) is 5. The fourth-order valence-electron chi connectivity index (χ4n) is 3.23. The van der Waals surface area contributed by atoms with E-state index < -0.39 is 0 Å². The predicted molar refractivity (Wildman–Crippen MR) is 70.7 cm³/mol. The Kier molecular flexibility index (Phi) is 3.66. The molecule has 0 aromatic carbocycles. The normalized spacial score (nSPS) is 33.3. The second-order valence-corrected chi connectivity index (χ2v) is 6.18. The summed E-state index contributed by atoms with van der Waals surface area (Å²) in [5, 5.41) is 0. The van der Waals surface area contributed by atoms with Crippen LogP contribution in [0.4, 0.5) is 0 Å². The molecule has 1 aromatic rings. The minimum absolute atomic E-state index is 0.0578. The van der Waals surface area contributed by atoms with Crippen LogP contribution >= 0.6 is 11.3 Å². The number of nitrogens with zero attached hydrogens (tertiary/aromatic N) is 2. The van der Waals surface area contributed by atoms with Crippen molar-refractivity contribution < 1.29 is 9.47 Å². The van der Waals surface area contributed by atoms with Gasteiger partial charge in [0.1, 0.15) is 5.60 Å². The Morgan fingerprint density at radius 3 is 3.28 bits per heavy atom. The Labute approximate surface area is 112 Å². The minimum Gasteiger partial charge on any atom is -0.378 e. The van der Waals surface area contributed by atoms with Gasteiger partial charge in [0, 0.05) is 44.4 Å². The van der Waals surface area contributed by atoms with Crippen molar-refractivity contribution in [2.45, 2.75) is 37.5 Å². The van der Waals surface area contributed by atoms with Crippen molar-refractivity contribution in [3.8, 4) is 0 Å². The molecule has 18 heavy (non-hydrogen) atoms. The summed E-state index contributed by atoms with van der Waals surface area (Å²) in [4.78, 5) is 7.96. The fourth-order valence-corrected chi connectivity index (χ4v) is 3.86. The fraction of sp³-hybridized carbons (Fsp3) is 0.769. The first kappa shape index (κ1) is 12.5. The Hall–Kier alpha value is -0.490. The highest BCUT2D eigenvalue weighted by molar-refractivity contribution is 7.09. The molecule has 0 bridgehead atoms. The van der Waals surface area contributed by atoms with Crippen LogP contribution in [0.5, 0.6) is 0 Å². The van der Waals surface area contributed by atoms with E-state index in [1.54, 1.807) is 11.3 Å². The first-order valence-corrected chi connectivity index (χ1v) is 7.47. The van der Waals surface area contributed by atoms with Crippen molar-refractivity contribution in [2.24, 2.45) is 0 Å². The lowest BCUT2D eigenvalue weighted by molar-refractivity contribution is -0.145. The molecular weight excluding hydrogens is 248 g/mol. The van der Waals surface area contributed by atoms with Crippen LogP contribution < -0.4 is 0 Å². The molecule has 1 spiro atoms. The predicted octanol–water partition coefficient (Wildman–Crippen LogP) is 1.91. The zero-order valence-electron chi connectivity index (χ0n) is 10.8. The first-order valence-electron chi connectivity index (χ1n) is 6.59. The van der Waals surface area contributed by atoms with E-state index >= 15 is 0 Å². The van der Waals surface area contributed by atoms with Gasteiger partial charge in [0.2, 0.25) is 0 Å². The van der Waals surface area contributed by atoms with Gasteiger partial charge in [0.25, 0.3) is 0 Å². The van der Waals surface area contributed by atoms with Gasteiger partial charge < -0.3 is 9.47 Å². The molecule has 3 rings (SSSR count). The highest BCUT2D eigenvalue weighted by Gasteiger charge is 2.47. The smallest absolute Gasteiger partial charge is 0.107 e. The van der Waals surface area contributed by atoms with Gasteiger partial charge in [-0.25, -0.2) is 0 Å². The second-order valence-electron chi connectivity index (χ2n) is 5.21. The van der Waals surface area contributed by atoms with Gasteiger partial charge in [0.05, 0.1) is 11.6 Å². The summed E-state index contributed by atoms with van der Waals surface area (Å²) >= 11 is 1.73. The van der Waals surface area contributed by atoms with Crippen molar-refractivity contribution in [3.05, 3.63) is 16.6 Å². The number of rotatable bonds is 3. The Balaban J connectivity index is 1.69. The van der Waals surface area contributed by atoms with E-state index in [4.69, 9.17) is 9.47 Å². The maximum absolute atomic E-state index is 6.06. The molecule has 3 heterocycles. The SMILES string of the molecule is CO[C@H]1CCN(Cc2cncs2)C[C@@]12CCCO2. The number of ether oxygens (including phenoxy) is 2. The molecule has 0 radical (unpaired) electrons. The molecule has 0 amide bonds. The third-order valence-corrected chi connectivity index (χ3v) is 4.83. The van der Waals surface area contributed by atoms with Crippen LogP contribution in [-0.2, 0) is 16.0 Å². The monoisotopic (exact) mass is 268 g/mol. The molecule has 0 aliphatic carbocycles. The Morgan fingerprint density at radius 1 is 1.67 bits per heavy atom. The first-order chi connectivity index (χ1) is 8.82. The summed E-state index contributed by atoms with van der Waals surface area (Å²) in [6.07, 6.45) is 5.58. The van der Waals surface area contributed by atoms with Crippen molar-refractivity contribution >= 4 is 11.3 Å². The quantitative estimate of drug-likeness (QED) is 0.839. The van der Waals surface area contributed by atoms with Gasteiger partial charge >= 0.3 is 0 Å². The van der Waals surface area contributed by atoms with Gasteiger partial charge in [-0.05, 0) is 19.3 Å². The molecule has 2 aliphatic rings. The van der Waals surface area contributed by atoms with E-state index in [2.05, 4.69) is 9.88 Å². The third-order valence-electron chi connectivity index (χ3n) is 4.07. The van der Waals surface area contributed by atoms with Crippen LogP contribution in [0.15, 0.2) is 11.7 Å². The van der Waals surface area contributed by atoms with Crippen molar-refractivity contribution in [1.82, 2.24) is 9.88 Å². The third kappa shape index (κ3) is 2.32. The summed E-state index contributed by atoms with van der Waals surface area (Å²) in [7, 11) is 1.81. The van der Waals surface area contributed by atoms with E-state index in [0.29, 0.717) is 0 Å². The second kappa shape index (κ2) is 5.25. The highest BCUT2D eigenvalue weighted by Crippen LogP contribution is 2.36. The number of methoxy groups -OCH3 is 1. The van der Waals surface area contributed by atoms with Gasteiger partial charge in [-0.2, -0.15) is 0 Å². The van der Waals surface area contributed by atoms with Gasteiger partial charge in [-0.15, -0.1) is 11.3 Å². The molecule has 100 valence electrons. The molecule has 4 nitrogen and oxygen atoms in total. The maximum atomic E-state index is 6.06. The van der Waals surface area contributed by atoms with E-state index in [1.165, 1.54) is 4.88 Å². The van der Waals surface area contributed by atoms with Crippen molar-refractivity contribution in [1.29, 1.82) is 0 Å². The number of thiazole rings is 1. The lowest BCUT2D eigenvalue weighted by Crippen LogP contribution is -2.56. The lowest BCUT2D eigenvalue weighted by atomic mass is 9.87. The van der Waals surface area contributed by atoms with E-state index in [9.17, 15) is 0 Å². The summed E-state index contributed by atoms with van der Waals surface area (Å²) in [6, 6.07) is 0. The van der Waals surface area contributed by atoms with E-state index in [1.807, 2.05) is 18.8 Å². The standard InChI is InChI=1S/C13H20N2O2S/c1-16-12-3-5-15(8-11-7-14-10-18-11)9-13(12)4-2-6-17-13/h7,10,12H,2-6,8-9H2,1H3/t12-,13-/m0/s1. The molecule has 0 saturated carbocycles. The topological polar surface area (TPSA) is 34.6 Å². The number of likely N-dealkylation sites (tertiary alicyclic amines) is 1. The van der Waals surface area contributed by atoms with Gasteiger partial charge in [-0.1, -0.05) is 0 Å². The minimum atomic E-state index is -0.0578. The lowest BCUT2D eigenvalue weighted by Gasteiger charge is -2.44. The maximum Gasteiger partial charge on any atom is 0.107 e. The zero-order chi connectivity index (χ0) is 12.4. The Morgan fingerprint density at radius 2 is 2.61 bits per heavy atom. The molecule has 1 aromatic heterocycles. The summed E-state index contributed by atoms with van der Waals surface area (Å²) in [5.74, 6) is 0. The van der Waals surface area contributed by atoms with E-state index in [-0.39, 0.29) is 11.7 Å². The zero-order valence-corrected chi connectivity index (χ0v) is 11.6. The Bertz CT molecular complexity index is 376. The van der Waals surface area contributed by atoms with Crippen LogP contribution in [0, 0.1) is 0 Å². The average Bonchev–Trinajstić information content (AvgIpc) is 3.02. The van der Waals surface area contributed by atoms with Crippen LogP contribution in [0.1, 0.15) is 24.1 Å². The van der Waals surface area contributed by atoms with Crippen molar-refractivity contribution in [3.63, 3.8) is 0 Å². The molecule has 0 unspecified atom stereocenters. The number of aromatic nitrogens is 1. The molecule has 2 atom stereocenters. The summed E-state index contributed by atoms with van der Waals surface area (Å²) in [5.41, 5.74) is 1.84. The summed E-state index contributed by atoms with van der Waals surface area (Å²) < 4.78 is 11.7. The molecule has 2 saturated heterocycles. The van der Waals surface area contributed by atoms with Crippen LogP contribution in [0.25, 0.3) is 0 Å². The summed E-state index contributed by atoms with van der Waals surface area (Å²) in [6.45, 7) is 3.95. The molecule has 2 aliphatic heterocycles. The van der Waals surface area contributed by atoms with Crippen LogP contribution in [-0.4, -0.2) is 48.4 Å². The molecule has 0 N–H and O–H groups in total. The van der Waals surface area contributed by atoms with E-state index in [0.717, 1.165) is 45.5 Å². The largest absolute Gasteiger partial charge is 0.378 e. The molecule has 2 fully saturated rings. The van der Waals surface area contributed by atoms with Crippen LogP contribution in [0.2, 0.25) is 0 Å². The average molecular weight is 268 g/mol. The number of piperidine rings is 1. The van der Waals surface area contributed by atoms with Gasteiger partial charge in [-0.3, -0.25) is 9.88 Å². The van der Waals surface area contributed by atoms with Crippen LogP contribution in [0.3, 0.4) is 0 Å². The highest BCUT2D eigenvalue weighted by atomic mass is 32.1. The molecule has 5 heteroatoms. The van der Waals surface area contributed by atoms with Crippen molar-refractivity contribution in [2.75, 3.05) is 26.8 Å². The van der Waals surface area contributed by atoms with Gasteiger partial charge in [0.15, 0.2) is 0 Å². The molecular formula is C13H20N2O2S.